The third kappa shape index (κ3) is 4.23. The van der Waals surface area contributed by atoms with Crippen LogP contribution in [0.25, 0.3) is 0 Å². The van der Waals surface area contributed by atoms with Crippen molar-refractivity contribution in [3.63, 3.8) is 0 Å². The third-order valence-electron chi connectivity index (χ3n) is 4.02. The second kappa shape index (κ2) is 7.34. The van der Waals surface area contributed by atoms with E-state index in [1.54, 1.807) is 0 Å². The molecule has 0 bridgehead atoms. The lowest BCUT2D eigenvalue weighted by atomic mass is 9.64. The topological polar surface area (TPSA) is 41.5 Å². The lowest BCUT2D eigenvalue weighted by Gasteiger charge is -2.52. The minimum Gasteiger partial charge on any atom is -0.396 e. The Hall–Kier alpha value is -0.120. The zero-order chi connectivity index (χ0) is 12.7. The molecule has 17 heavy (non-hydrogen) atoms. The Kier molecular flexibility index (Phi) is 6.45. The summed E-state index contributed by atoms with van der Waals surface area (Å²) in [5.41, 5.74) is 0.279. The van der Waals surface area contributed by atoms with E-state index in [-0.39, 0.29) is 5.41 Å². The van der Waals surface area contributed by atoms with Gasteiger partial charge in [0.15, 0.2) is 0 Å². The van der Waals surface area contributed by atoms with Crippen LogP contribution in [0, 0.1) is 5.41 Å². The van der Waals surface area contributed by atoms with Crippen molar-refractivity contribution in [3.8, 4) is 0 Å². The van der Waals surface area contributed by atoms with Crippen molar-refractivity contribution in [2.24, 2.45) is 5.41 Å². The van der Waals surface area contributed by atoms with Crippen molar-refractivity contribution < 1.29 is 9.84 Å². The van der Waals surface area contributed by atoms with Gasteiger partial charge in [-0.1, -0.05) is 26.7 Å². The van der Waals surface area contributed by atoms with Crippen molar-refractivity contribution >= 4 is 0 Å². The van der Waals surface area contributed by atoms with Crippen LogP contribution in [0.5, 0.6) is 0 Å². The number of aliphatic hydroxyl groups excluding tert-OH is 1. The second-order valence-electron chi connectivity index (χ2n) is 5.65. The highest BCUT2D eigenvalue weighted by Crippen LogP contribution is 2.42. The predicted octanol–water partition coefficient (Wildman–Crippen LogP) is 2.33. The van der Waals surface area contributed by atoms with Gasteiger partial charge in [-0.25, -0.2) is 0 Å². The van der Waals surface area contributed by atoms with E-state index in [9.17, 15) is 0 Å². The molecule has 0 aromatic heterocycles. The first kappa shape index (κ1) is 14.9. The molecule has 1 saturated carbocycles. The van der Waals surface area contributed by atoms with E-state index in [1.165, 1.54) is 12.8 Å². The normalized spacial score (nSPS) is 26.8. The van der Waals surface area contributed by atoms with E-state index in [0.717, 1.165) is 32.4 Å². The first-order valence-corrected chi connectivity index (χ1v) is 7.08. The average Bonchev–Trinajstić information content (AvgIpc) is 2.31. The summed E-state index contributed by atoms with van der Waals surface area (Å²) in [7, 11) is 0. The summed E-state index contributed by atoms with van der Waals surface area (Å²) >= 11 is 0. The van der Waals surface area contributed by atoms with Gasteiger partial charge in [0.2, 0.25) is 0 Å². The fourth-order valence-corrected chi connectivity index (χ4v) is 2.58. The molecule has 0 aliphatic heterocycles. The molecule has 1 fully saturated rings. The molecule has 3 heteroatoms. The zero-order valence-corrected chi connectivity index (χ0v) is 11.7. The molecule has 0 heterocycles. The molecular formula is C14H29NO2. The zero-order valence-electron chi connectivity index (χ0n) is 11.7. The Labute approximate surface area is 106 Å². The first-order valence-electron chi connectivity index (χ1n) is 7.08. The van der Waals surface area contributed by atoms with Crippen LogP contribution in [-0.2, 0) is 4.74 Å². The maximum absolute atomic E-state index is 8.68. The van der Waals surface area contributed by atoms with Crippen molar-refractivity contribution in [1.82, 2.24) is 5.32 Å². The smallest absolute Gasteiger partial charge is 0.0655 e. The first-order chi connectivity index (χ1) is 8.12. The number of rotatable bonds is 9. The van der Waals surface area contributed by atoms with E-state index in [4.69, 9.17) is 9.84 Å². The van der Waals surface area contributed by atoms with Crippen LogP contribution in [-0.4, -0.2) is 37.0 Å². The lowest BCUT2D eigenvalue weighted by molar-refractivity contribution is -0.113. The molecule has 2 atom stereocenters. The van der Waals surface area contributed by atoms with Crippen LogP contribution in [0.15, 0.2) is 0 Å². The second-order valence-corrected chi connectivity index (χ2v) is 5.65. The Morgan fingerprint density at radius 2 is 1.94 bits per heavy atom. The van der Waals surface area contributed by atoms with Crippen molar-refractivity contribution in [1.29, 1.82) is 0 Å². The highest BCUT2D eigenvalue weighted by atomic mass is 16.5. The highest BCUT2D eigenvalue weighted by Gasteiger charge is 2.48. The highest BCUT2D eigenvalue weighted by molar-refractivity contribution is 5.02. The Morgan fingerprint density at radius 3 is 2.53 bits per heavy atom. The van der Waals surface area contributed by atoms with E-state index in [2.05, 4.69) is 26.1 Å². The Morgan fingerprint density at radius 1 is 1.24 bits per heavy atom. The fraction of sp³-hybridized carbons (Fsp3) is 1.00. The minimum atomic E-state index is 0.279. The van der Waals surface area contributed by atoms with Crippen LogP contribution in [0.3, 0.4) is 0 Å². The third-order valence-corrected chi connectivity index (χ3v) is 4.02. The summed E-state index contributed by atoms with van der Waals surface area (Å²) in [5, 5.41) is 12.3. The molecule has 0 amide bonds. The van der Waals surface area contributed by atoms with Gasteiger partial charge in [0, 0.05) is 24.7 Å². The molecule has 0 spiro atoms. The quantitative estimate of drug-likeness (QED) is 0.611. The fourth-order valence-electron chi connectivity index (χ4n) is 2.58. The largest absolute Gasteiger partial charge is 0.396 e. The molecule has 2 unspecified atom stereocenters. The predicted molar refractivity (Wildman–Crippen MR) is 71.2 cm³/mol. The van der Waals surface area contributed by atoms with Crippen molar-refractivity contribution in [2.75, 3.05) is 19.8 Å². The summed E-state index contributed by atoms with van der Waals surface area (Å²) in [6.45, 7) is 8.90. The van der Waals surface area contributed by atoms with Crippen LogP contribution >= 0.6 is 0 Å². The van der Waals surface area contributed by atoms with Gasteiger partial charge in [-0.15, -0.1) is 0 Å². The molecule has 1 aliphatic rings. The van der Waals surface area contributed by atoms with E-state index in [0.29, 0.717) is 18.8 Å². The summed E-state index contributed by atoms with van der Waals surface area (Å²) in [6, 6.07) is 0.608. The maximum Gasteiger partial charge on any atom is 0.0655 e. The van der Waals surface area contributed by atoms with Crippen molar-refractivity contribution in [2.45, 2.75) is 65.0 Å². The molecule has 0 aromatic rings. The number of nitrogens with one attached hydrogen (secondary N) is 1. The van der Waals surface area contributed by atoms with Gasteiger partial charge in [-0.3, -0.25) is 0 Å². The van der Waals surface area contributed by atoms with Gasteiger partial charge in [0.25, 0.3) is 0 Å². The monoisotopic (exact) mass is 243 g/mol. The minimum absolute atomic E-state index is 0.279. The molecule has 2 N–H and O–H groups in total. The standard InChI is InChI=1S/C14H29NO2/c1-4-17-13-11-12(14(13,2)3)15-9-7-5-6-8-10-16/h12-13,15-16H,4-11H2,1-3H3. The summed E-state index contributed by atoms with van der Waals surface area (Å²) in [5.74, 6) is 0. The van der Waals surface area contributed by atoms with Gasteiger partial charge < -0.3 is 15.2 Å². The SMILES string of the molecule is CCOC1CC(NCCCCCCO)C1(C)C. The summed E-state index contributed by atoms with van der Waals surface area (Å²) in [6.07, 6.45) is 6.10. The number of ether oxygens (including phenoxy) is 1. The number of unbranched alkanes of at least 4 members (excludes halogenated alkanes) is 3. The Balaban J connectivity index is 2.05. The number of hydrogen-bond acceptors (Lipinski definition) is 3. The van der Waals surface area contributed by atoms with Gasteiger partial charge in [0.05, 0.1) is 6.10 Å². The number of aliphatic hydroxyl groups is 1. The van der Waals surface area contributed by atoms with Crippen LogP contribution in [0.4, 0.5) is 0 Å². The van der Waals surface area contributed by atoms with Crippen molar-refractivity contribution in [3.05, 3.63) is 0 Å². The molecular weight excluding hydrogens is 214 g/mol. The van der Waals surface area contributed by atoms with E-state index in [1.807, 2.05) is 0 Å². The van der Waals surface area contributed by atoms with Gasteiger partial charge in [-0.2, -0.15) is 0 Å². The Bertz CT molecular complexity index is 206. The molecule has 0 aromatic carbocycles. The average molecular weight is 243 g/mol. The molecule has 0 saturated heterocycles. The van der Waals surface area contributed by atoms with E-state index >= 15 is 0 Å². The number of hydrogen-bond donors (Lipinski definition) is 2. The lowest BCUT2D eigenvalue weighted by Crippen LogP contribution is -2.61. The van der Waals surface area contributed by atoms with Crippen LogP contribution in [0.2, 0.25) is 0 Å². The summed E-state index contributed by atoms with van der Waals surface area (Å²) < 4.78 is 5.71. The van der Waals surface area contributed by atoms with Crippen LogP contribution in [0.1, 0.15) is 52.9 Å². The van der Waals surface area contributed by atoms with E-state index < -0.39 is 0 Å². The van der Waals surface area contributed by atoms with Gasteiger partial charge >= 0.3 is 0 Å². The van der Waals surface area contributed by atoms with Crippen LogP contribution < -0.4 is 5.32 Å². The maximum atomic E-state index is 8.68. The molecule has 3 nitrogen and oxygen atoms in total. The molecule has 1 aliphatic carbocycles. The van der Waals surface area contributed by atoms with Gasteiger partial charge in [-0.05, 0) is 32.7 Å². The molecule has 1 rings (SSSR count). The summed E-state index contributed by atoms with van der Waals surface area (Å²) in [4.78, 5) is 0. The van der Waals surface area contributed by atoms with Gasteiger partial charge in [0.1, 0.15) is 0 Å². The molecule has 0 radical (unpaired) electrons. The molecule has 102 valence electrons.